The van der Waals surface area contributed by atoms with Crippen LogP contribution in [0.5, 0.6) is 11.5 Å². The number of nitrogens with zero attached hydrogens (tertiary/aromatic N) is 1. The number of carbonyl (C=O) groups is 1. The third-order valence-corrected chi connectivity index (χ3v) is 4.09. The number of phenolic OH excluding ortho intramolecular Hbond substituents is 1. The minimum atomic E-state index is -0.285. The topological polar surface area (TPSA) is 61.8 Å². The number of aromatic hydroxyl groups is 1. The molecule has 1 heterocycles. The van der Waals surface area contributed by atoms with Crippen LogP contribution >= 0.6 is 0 Å². The van der Waals surface area contributed by atoms with Gasteiger partial charge in [-0.3, -0.25) is 4.79 Å². The van der Waals surface area contributed by atoms with Crippen LogP contribution in [0.3, 0.4) is 0 Å². The second kappa shape index (κ2) is 6.83. The molecule has 2 aromatic carbocycles. The molecule has 0 saturated heterocycles. The number of rotatable bonds is 5. The molecule has 1 amide bonds. The van der Waals surface area contributed by atoms with E-state index in [4.69, 9.17) is 4.74 Å². The third kappa shape index (κ3) is 2.89. The first-order valence-electron chi connectivity index (χ1n) is 8.28. The number of nitrogens with one attached hydrogen (secondary N) is 1. The molecule has 5 nitrogen and oxygen atoms in total. The quantitative estimate of drug-likeness (QED) is 0.878. The highest BCUT2D eigenvalue weighted by atomic mass is 16.5. The van der Waals surface area contributed by atoms with Crippen LogP contribution in [0.15, 0.2) is 42.5 Å². The summed E-state index contributed by atoms with van der Waals surface area (Å²) in [7, 11) is 0. The van der Waals surface area contributed by atoms with Gasteiger partial charge in [0.2, 0.25) is 0 Å². The Kier molecular flexibility index (Phi) is 4.60. The molecular weight excluding hydrogens is 304 g/mol. The minimum absolute atomic E-state index is 0.0160. The molecule has 1 atom stereocenters. The number of benzene rings is 2. The van der Waals surface area contributed by atoms with E-state index in [0.29, 0.717) is 24.5 Å². The van der Waals surface area contributed by atoms with Gasteiger partial charge in [0, 0.05) is 12.2 Å². The van der Waals surface area contributed by atoms with Crippen LogP contribution in [0.2, 0.25) is 0 Å². The van der Waals surface area contributed by atoms with Crippen molar-refractivity contribution in [1.82, 2.24) is 4.90 Å². The van der Waals surface area contributed by atoms with Gasteiger partial charge < -0.3 is 20.1 Å². The fourth-order valence-corrected chi connectivity index (χ4v) is 3.00. The predicted octanol–water partition coefficient (Wildman–Crippen LogP) is 3.77. The van der Waals surface area contributed by atoms with Crippen LogP contribution < -0.4 is 10.1 Å². The molecule has 0 fully saturated rings. The zero-order valence-corrected chi connectivity index (χ0v) is 14.0. The average Bonchev–Trinajstić information content (AvgIpc) is 2.59. The summed E-state index contributed by atoms with van der Waals surface area (Å²) in [5.74, 6) is 0.548. The van der Waals surface area contributed by atoms with Crippen molar-refractivity contribution in [2.24, 2.45) is 0 Å². The summed E-state index contributed by atoms with van der Waals surface area (Å²) in [5.41, 5.74) is 2.39. The van der Waals surface area contributed by atoms with E-state index >= 15 is 0 Å². The van der Waals surface area contributed by atoms with Crippen LogP contribution in [-0.2, 0) is 0 Å². The van der Waals surface area contributed by atoms with Crippen molar-refractivity contribution >= 4 is 11.6 Å². The summed E-state index contributed by atoms with van der Waals surface area (Å²) in [5, 5.41) is 13.4. The van der Waals surface area contributed by atoms with Gasteiger partial charge in [0.1, 0.15) is 6.17 Å². The van der Waals surface area contributed by atoms with Crippen molar-refractivity contribution in [2.75, 3.05) is 18.5 Å². The molecule has 2 N–H and O–H groups in total. The number of ether oxygens (including phenoxy) is 1. The largest absolute Gasteiger partial charge is 0.504 e. The molecule has 0 aromatic heterocycles. The maximum Gasteiger partial charge on any atom is 0.257 e. The molecule has 0 aliphatic carbocycles. The van der Waals surface area contributed by atoms with E-state index in [1.54, 1.807) is 12.1 Å². The third-order valence-electron chi connectivity index (χ3n) is 4.09. The van der Waals surface area contributed by atoms with Gasteiger partial charge in [-0.1, -0.05) is 25.1 Å². The zero-order valence-electron chi connectivity index (χ0n) is 14.0. The standard InChI is InChI=1S/C19H22N2O3/c1-3-11-21-18(13-9-10-16(22)17(12-13)24-4-2)20-15-8-6-5-7-14(15)19(21)23/h5-10,12,18,20,22H,3-4,11H2,1-2H3/t18-/m0/s1. The Morgan fingerprint density at radius 2 is 2.00 bits per heavy atom. The summed E-state index contributed by atoms with van der Waals surface area (Å²) < 4.78 is 5.48. The Morgan fingerprint density at radius 1 is 1.21 bits per heavy atom. The predicted molar refractivity (Wildman–Crippen MR) is 93.4 cm³/mol. The second-order valence-corrected chi connectivity index (χ2v) is 5.75. The molecule has 1 aliphatic rings. The van der Waals surface area contributed by atoms with Crippen LogP contribution in [0.25, 0.3) is 0 Å². The molecule has 24 heavy (non-hydrogen) atoms. The molecule has 3 rings (SSSR count). The van der Waals surface area contributed by atoms with Gasteiger partial charge >= 0.3 is 0 Å². The first kappa shape index (κ1) is 16.2. The lowest BCUT2D eigenvalue weighted by Crippen LogP contribution is -2.43. The summed E-state index contributed by atoms with van der Waals surface area (Å²) in [6.07, 6.45) is 0.579. The van der Waals surface area contributed by atoms with Gasteiger partial charge in [0.05, 0.1) is 12.2 Å². The van der Waals surface area contributed by atoms with E-state index < -0.39 is 0 Å². The van der Waals surface area contributed by atoms with Crippen molar-refractivity contribution in [2.45, 2.75) is 26.4 Å². The number of carbonyl (C=O) groups excluding carboxylic acids is 1. The number of hydrogen-bond acceptors (Lipinski definition) is 4. The minimum Gasteiger partial charge on any atom is -0.504 e. The summed E-state index contributed by atoms with van der Waals surface area (Å²) in [6, 6.07) is 12.8. The van der Waals surface area contributed by atoms with Gasteiger partial charge in [-0.25, -0.2) is 0 Å². The van der Waals surface area contributed by atoms with Crippen molar-refractivity contribution in [3.63, 3.8) is 0 Å². The van der Waals surface area contributed by atoms with Gasteiger partial charge in [0.15, 0.2) is 11.5 Å². The molecule has 0 saturated carbocycles. The van der Waals surface area contributed by atoms with Crippen LogP contribution in [-0.4, -0.2) is 29.1 Å². The van der Waals surface area contributed by atoms with Gasteiger partial charge in [-0.05, 0) is 43.2 Å². The zero-order chi connectivity index (χ0) is 17.1. The Labute approximate surface area is 141 Å². The molecule has 0 bridgehead atoms. The monoisotopic (exact) mass is 326 g/mol. The van der Waals surface area contributed by atoms with Gasteiger partial charge in [0.25, 0.3) is 5.91 Å². The van der Waals surface area contributed by atoms with Crippen LogP contribution in [0.4, 0.5) is 5.69 Å². The lowest BCUT2D eigenvalue weighted by Gasteiger charge is -2.38. The van der Waals surface area contributed by atoms with Gasteiger partial charge in [-0.2, -0.15) is 0 Å². The number of para-hydroxylation sites is 1. The smallest absolute Gasteiger partial charge is 0.257 e. The van der Waals surface area contributed by atoms with E-state index in [1.165, 1.54) is 0 Å². The Hall–Kier alpha value is -2.69. The number of fused-ring (bicyclic) bond motifs is 1. The first-order chi connectivity index (χ1) is 11.7. The summed E-state index contributed by atoms with van der Waals surface area (Å²) in [6.45, 7) is 5.03. The van der Waals surface area contributed by atoms with E-state index in [-0.39, 0.29) is 17.8 Å². The number of anilines is 1. The summed E-state index contributed by atoms with van der Waals surface area (Å²) in [4.78, 5) is 14.7. The lowest BCUT2D eigenvalue weighted by atomic mass is 10.0. The average molecular weight is 326 g/mol. The Bertz CT molecular complexity index is 745. The van der Waals surface area contributed by atoms with E-state index in [0.717, 1.165) is 17.7 Å². The number of hydrogen-bond donors (Lipinski definition) is 2. The molecule has 5 heteroatoms. The lowest BCUT2D eigenvalue weighted by molar-refractivity contribution is 0.0683. The number of amides is 1. The highest BCUT2D eigenvalue weighted by Gasteiger charge is 2.32. The molecule has 126 valence electrons. The van der Waals surface area contributed by atoms with Crippen LogP contribution in [0, 0.1) is 0 Å². The van der Waals surface area contributed by atoms with Crippen molar-refractivity contribution in [3.8, 4) is 11.5 Å². The van der Waals surface area contributed by atoms with Crippen LogP contribution in [0.1, 0.15) is 42.4 Å². The molecule has 2 aromatic rings. The van der Waals surface area contributed by atoms with Crippen molar-refractivity contribution in [3.05, 3.63) is 53.6 Å². The second-order valence-electron chi connectivity index (χ2n) is 5.75. The molecule has 0 unspecified atom stereocenters. The Balaban J connectivity index is 2.02. The normalized spacial score (nSPS) is 16.5. The maximum absolute atomic E-state index is 12.9. The van der Waals surface area contributed by atoms with E-state index in [1.807, 2.05) is 49.1 Å². The molecule has 1 aliphatic heterocycles. The highest BCUT2D eigenvalue weighted by molar-refractivity contribution is 6.01. The first-order valence-corrected chi connectivity index (χ1v) is 8.28. The maximum atomic E-state index is 12.9. The van der Waals surface area contributed by atoms with Crippen molar-refractivity contribution in [1.29, 1.82) is 0 Å². The molecule has 0 spiro atoms. The highest BCUT2D eigenvalue weighted by Crippen LogP contribution is 2.36. The Morgan fingerprint density at radius 3 is 2.75 bits per heavy atom. The molecule has 0 radical (unpaired) electrons. The fourth-order valence-electron chi connectivity index (χ4n) is 3.00. The van der Waals surface area contributed by atoms with E-state index in [9.17, 15) is 9.90 Å². The number of phenols is 1. The van der Waals surface area contributed by atoms with Gasteiger partial charge in [-0.15, -0.1) is 0 Å². The van der Waals surface area contributed by atoms with Crippen molar-refractivity contribution < 1.29 is 14.6 Å². The SMILES string of the molecule is CCCN1C(=O)c2ccccc2N[C@@H]1c1ccc(O)c(OCC)c1. The summed E-state index contributed by atoms with van der Waals surface area (Å²) >= 11 is 0. The fraction of sp³-hybridized carbons (Fsp3) is 0.316. The molecular formula is C19H22N2O3. The van der Waals surface area contributed by atoms with E-state index in [2.05, 4.69) is 5.32 Å².